The maximum atomic E-state index is 13.1. The van der Waals surface area contributed by atoms with Crippen LogP contribution in [0.4, 0.5) is 11.4 Å². The van der Waals surface area contributed by atoms with Crippen molar-refractivity contribution in [2.45, 2.75) is 17.7 Å². The molecule has 1 heterocycles. The first kappa shape index (κ1) is 22.9. The largest absolute Gasteiger partial charge is 0.497 e. The van der Waals surface area contributed by atoms with Crippen molar-refractivity contribution < 1.29 is 22.7 Å². The molecule has 3 aromatic rings. The zero-order valence-electron chi connectivity index (χ0n) is 18.2. The highest BCUT2D eigenvalue weighted by molar-refractivity contribution is 7.92. The molecule has 1 amide bonds. The van der Waals surface area contributed by atoms with Gasteiger partial charge in [0.2, 0.25) is 0 Å². The molecule has 7 nitrogen and oxygen atoms in total. The molecule has 0 fully saturated rings. The van der Waals surface area contributed by atoms with Crippen molar-refractivity contribution in [3.05, 3.63) is 76.8 Å². The third-order valence-corrected chi connectivity index (χ3v) is 7.05. The molecule has 3 aromatic carbocycles. The number of benzene rings is 3. The van der Waals surface area contributed by atoms with E-state index in [1.807, 2.05) is 0 Å². The predicted molar refractivity (Wildman–Crippen MR) is 128 cm³/mol. The first-order valence-electron chi connectivity index (χ1n) is 10.3. The van der Waals surface area contributed by atoms with Gasteiger partial charge < -0.3 is 14.4 Å². The molecule has 0 aliphatic carbocycles. The molecule has 0 aromatic heterocycles. The number of carbonyl (C=O) groups excluding carboxylic acids is 1. The standard InChI is InChI=1S/C24H23ClN2O5S/c1-31-19-8-11-23(32-2)21(15-19)26-33(29,30)20-9-10-22-16(14-20)6-4-12-27(22)24(28)17-5-3-7-18(25)13-17/h3,5,7-11,13-15,26H,4,6,12H2,1-2H3. The second-order valence-corrected chi connectivity index (χ2v) is 9.65. The lowest BCUT2D eigenvalue weighted by atomic mass is 10.0. The summed E-state index contributed by atoms with van der Waals surface area (Å²) >= 11 is 6.04. The number of rotatable bonds is 6. The monoisotopic (exact) mass is 486 g/mol. The van der Waals surface area contributed by atoms with Gasteiger partial charge >= 0.3 is 0 Å². The van der Waals surface area contributed by atoms with E-state index in [1.54, 1.807) is 59.5 Å². The number of fused-ring (bicyclic) bond motifs is 1. The summed E-state index contributed by atoms with van der Waals surface area (Å²) in [7, 11) is -0.944. The van der Waals surface area contributed by atoms with Crippen LogP contribution in [0.2, 0.25) is 5.02 Å². The van der Waals surface area contributed by atoms with E-state index in [1.165, 1.54) is 20.3 Å². The van der Waals surface area contributed by atoms with Crippen LogP contribution in [0.1, 0.15) is 22.3 Å². The fourth-order valence-electron chi connectivity index (χ4n) is 3.83. The number of halogens is 1. The molecule has 1 N–H and O–H groups in total. The smallest absolute Gasteiger partial charge is 0.262 e. The van der Waals surface area contributed by atoms with Gasteiger partial charge in [0.05, 0.1) is 24.8 Å². The van der Waals surface area contributed by atoms with Crippen LogP contribution < -0.4 is 19.1 Å². The number of amides is 1. The highest BCUT2D eigenvalue weighted by Crippen LogP contribution is 2.34. The summed E-state index contributed by atoms with van der Waals surface area (Å²) < 4.78 is 39.3. The molecule has 1 aliphatic rings. The summed E-state index contributed by atoms with van der Waals surface area (Å²) in [5.74, 6) is 0.693. The zero-order valence-corrected chi connectivity index (χ0v) is 19.7. The van der Waals surface area contributed by atoms with E-state index >= 15 is 0 Å². The first-order chi connectivity index (χ1) is 15.8. The number of sulfonamides is 1. The topological polar surface area (TPSA) is 84.9 Å². The number of carbonyl (C=O) groups is 1. The summed E-state index contributed by atoms with van der Waals surface area (Å²) in [6, 6.07) is 16.4. The number of nitrogens with zero attached hydrogens (tertiary/aromatic N) is 1. The van der Waals surface area contributed by atoms with Crippen LogP contribution in [-0.4, -0.2) is 35.1 Å². The van der Waals surface area contributed by atoms with E-state index in [0.717, 1.165) is 12.0 Å². The number of aryl methyl sites for hydroxylation is 1. The summed E-state index contributed by atoms with van der Waals surface area (Å²) in [5, 5.41) is 0.485. The molecule has 1 aliphatic heterocycles. The third kappa shape index (κ3) is 4.77. The van der Waals surface area contributed by atoms with Crippen molar-refractivity contribution in [3.63, 3.8) is 0 Å². The Balaban J connectivity index is 1.65. The van der Waals surface area contributed by atoms with Crippen LogP contribution in [0, 0.1) is 0 Å². The molecule has 9 heteroatoms. The van der Waals surface area contributed by atoms with Crippen molar-refractivity contribution in [2.24, 2.45) is 0 Å². The normalized spacial score (nSPS) is 13.2. The zero-order chi connectivity index (χ0) is 23.6. The van der Waals surface area contributed by atoms with Gasteiger partial charge in [-0.2, -0.15) is 0 Å². The van der Waals surface area contributed by atoms with Gasteiger partial charge in [-0.05, 0) is 66.9 Å². The minimum atomic E-state index is -3.91. The van der Waals surface area contributed by atoms with Gasteiger partial charge in [0.25, 0.3) is 15.9 Å². The van der Waals surface area contributed by atoms with Crippen molar-refractivity contribution >= 4 is 38.9 Å². The highest BCUT2D eigenvalue weighted by Gasteiger charge is 2.26. The second kappa shape index (κ2) is 9.33. The first-order valence-corrected chi connectivity index (χ1v) is 12.1. The molecular weight excluding hydrogens is 464 g/mol. The van der Waals surface area contributed by atoms with Gasteiger partial charge in [-0.25, -0.2) is 8.42 Å². The summed E-state index contributed by atoms with van der Waals surface area (Å²) in [6.45, 7) is 0.545. The summed E-state index contributed by atoms with van der Waals surface area (Å²) in [6.07, 6.45) is 1.39. The van der Waals surface area contributed by atoms with Gasteiger partial charge in [-0.3, -0.25) is 9.52 Å². The fraction of sp³-hybridized carbons (Fsp3) is 0.208. The molecule has 33 heavy (non-hydrogen) atoms. The molecule has 0 unspecified atom stereocenters. The lowest BCUT2D eigenvalue weighted by Crippen LogP contribution is -2.35. The van der Waals surface area contributed by atoms with Crippen molar-refractivity contribution in [1.29, 1.82) is 0 Å². The Hall–Kier alpha value is -3.23. The molecule has 0 saturated heterocycles. The lowest BCUT2D eigenvalue weighted by Gasteiger charge is -2.30. The Bertz CT molecular complexity index is 1310. The Morgan fingerprint density at radius 3 is 2.58 bits per heavy atom. The number of nitrogens with one attached hydrogen (secondary N) is 1. The molecule has 0 radical (unpaired) electrons. The quantitative estimate of drug-likeness (QED) is 0.543. The van der Waals surface area contributed by atoms with E-state index in [-0.39, 0.29) is 16.5 Å². The van der Waals surface area contributed by atoms with E-state index in [4.69, 9.17) is 21.1 Å². The lowest BCUT2D eigenvalue weighted by molar-refractivity contribution is 0.0985. The third-order valence-electron chi connectivity index (χ3n) is 5.45. The molecule has 4 rings (SSSR count). The van der Waals surface area contributed by atoms with Crippen LogP contribution in [0.15, 0.2) is 65.6 Å². The molecular formula is C24H23ClN2O5S. The van der Waals surface area contributed by atoms with Crippen molar-refractivity contribution in [3.8, 4) is 11.5 Å². The van der Waals surface area contributed by atoms with Crippen molar-refractivity contribution in [1.82, 2.24) is 0 Å². The van der Waals surface area contributed by atoms with Gasteiger partial charge in [0.15, 0.2) is 0 Å². The number of anilines is 2. The molecule has 0 saturated carbocycles. The SMILES string of the molecule is COc1ccc(OC)c(NS(=O)(=O)c2ccc3c(c2)CCCN3C(=O)c2cccc(Cl)c2)c1. The van der Waals surface area contributed by atoms with Crippen LogP contribution in [-0.2, 0) is 16.4 Å². The molecule has 0 bridgehead atoms. The van der Waals surface area contributed by atoms with E-state index in [0.29, 0.717) is 40.7 Å². The molecule has 0 spiro atoms. The van der Waals surface area contributed by atoms with Crippen LogP contribution in [0.5, 0.6) is 11.5 Å². The van der Waals surface area contributed by atoms with E-state index in [2.05, 4.69) is 4.72 Å². The minimum Gasteiger partial charge on any atom is -0.497 e. The van der Waals surface area contributed by atoms with Crippen molar-refractivity contribution in [2.75, 3.05) is 30.4 Å². The van der Waals surface area contributed by atoms with E-state index in [9.17, 15) is 13.2 Å². The number of ether oxygens (including phenoxy) is 2. The number of hydrogen-bond acceptors (Lipinski definition) is 5. The van der Waals surface area contributed by atoms with E-state index < -0.39 is 10.0 Å². The fourth-order valence-corrected chi connectivity index (χ4v) is 5.13. The Kier molecular flexibility index (Phi) is 6.49. The van der Waals surface area contributed by atoms with Gasteiger partial charge in [-0.1, -0.05) is 17.7 Å². The van der Waals surface area contributed by atoms with Gasteiger partial charge in [0, 0.05) is 28.9 Å². The Morgan fingerprint density at radius 1 is 1.03 bits per heavy atom. The van der Waals surface area contributed by atoms with Crippen LogP contribution in [0.3, 0.4) is 0 Å². The second-order valence-electron chi connectivity index (χ2n) is 7.53. The average molecular weight is 487 g/mol. The predicted octanol–water partition coefficient (Wildman–Crippen LogP) is 4.75. The summed E-state index contributed by atoms with van der Waals surface area (Å²) in [5.41, 5.74) is 2.24. The van der Waals surface area contributed by atoms with Crippen LogP contribution in [0.25, 0.3) is 0 Å². The van der Waals surface area contributed by atoms with Gasteiger partial charge in [-0.15, -0.1) is 0 Å². The average Bonchev–Trinajstić information content (AvgIpc) is 2.82. The molecule has 0 atom stereocenters. The maximum absolute atomic E-state index is 13.1. The Labute approximate surface area is 197 Å². The summed E-state index contributed by atoms with van der Waals surface area (Å²) in [4.78, 5) is 14.8. The Morgan fingerprint density at radius 2 is 1.85 bits per heavy atom. The maximum Gasteiger partial charge on any atom is 0.262 e. The highest BCUT2D eigenvalue weighted by atomic mass is 35.5. The minimum absolute atomic E-state index is 0.100. The molecule has 172 valence electrons. The van der Waals surface area contributed by atoms with Crippen LogP contribution >= 0.6 is 11.6 Å². The van der Waals surface area contributed by atoms with Gasteiger partial charge in [0.1, 0.15) is 11.5 Å². The number of methoxy groups -OCH3 is 2. The number of hydrogen-bond donors (Lipinski definition) is 1.